The first-order valence-electron chi connectivity index (χ1n) is 7.93. The lowest BCUT2D eigenvalue weighted by molar-refractivity contribution is 0.212. The van der Waals surface area contributed by atoms with E-state index >= 15 is 0 Å². The van der Waals surface area contributed by atoms with Crippen molar-refractivity contribution < 1.29 is 13.3 Å². The molecule has 0 bridgehead atoms. The molecular weight excluding hydrogens is 406 g/mol. The highest BCUT2D eigenvalue weighted by Crippen LogP contribution is 2.41. The number of sulfonamides is 1. The fraction of sp³-hybridized carbons (Fsp3) is 0.250. The van der Waals surface area contributed by atoms with Crippen molar-refractivity contribution >= 4 is 43.4 Å². The second-order valence-corrected chi connectivity index (χ2v) is 9.66. The van der Waals surface area contributed by atoms with Crippen molar-refractivity contribution in [3.63, 3.8) is 0 Å². The summed E-state index contributed by atoms with van der Waals surface area (Å²) in [5.74, 6) is 0. The average molecular weight is 422 g/mol. The lowest BCUT2D eigenvalue weighted by Crippen LogP contribution is -2.36. The monoisotopic (exact) mass is 421 g/mol. The summed E-state index contributed by atoms with van der Waals surface area (Å²) in [6, 6.07) is 3.80. The molecule has 8 nitrogen and oxygen atoms in total. The smallest absolute Gasteiger partial charge is 0.232 e. The first-order valence-corrected chi connectivity index (χ1v) is 11.4. The lowest BCUT2D eigenvalue weighted by Gasteiger charge is -2.25. The van der Waals surface area contributed by atoms with Crippen LogP contribution in [0.1, 0.15) is 12.1 Å². The fourth-order valence-electron chi connectivity index (χ4n) is 2.71. The van der Waals surface area contributed by atoms with E-state index in [2.05, 4.69) is 20.1 Å². The Labute approximate surface area is 164 Å². The maximum Gasteiger partial charge on any atom is 0.232 e. The Hall–Kier alpha value is -2.37. The molecule has 4 heterocycles. The largest absolute Gasteiger partial charge is 0.399 e. The summed E-state index contributed by atoms with van der Waals surface area (Å²) in [7, 11) is -1.93. The van der Waals surface area contributed by atoms with E-state index in [0.29, 0.717) is 34.4 Å². The molecule has 0 N–H and O–H groups in total. The molecule has 0 amide bonds. The van der Waals surface area contributed by atoms with Crippen molar-refractivity contribution in [3.8, 4) is 20.5 Å². The highest BCUT2D eigenvalue weighted by atomic mass is 32.2. The number of hydrogen-bond acceptors (Lipinski definition) is 9. The predicted octanol–water partition coefficient (Wildman–Crippen LogP) is 2.85. The SMILES string of the molecule is CON=C1CCN(S(C)(=O)=O)c2sc(-c3cnc(-c4cccnc4)s3)nc21. The van der Waals surface area contributed by atoms with Crippen molar-refractivity contribution in [1.82, 2.24) is 15.0 Å². The van der Waals surface area contributed by atoms with E-state index in [-0.39, 0.29) is 0 Å². The second-order valence-electron chi connectivity index (χ2n) is 5.75. The molecule has 0 fully saturated rings. The standard InChI is InChI=1S/C16H15N5O3S3/c1-24-20-11-5-7-21(27(2,22)23)16-13(11)19-15(26-16)12-9-18-14(25-12)10-4-3-6-17-8-10/h3-4,6,8-9H,5,7H2,1-2H3. The van der Waals surface area contributed by atoms with Gasteiger partial charge in [0.05, 0.1) is 11.1 Å². The summed E-state index contributed by atoms with van der Waals surface area (Å²) < 4.78 is 25.7. The van der Waals surface area contributed by atoms with E-state index in [9.17, 15) is 8.42 Å². The second kappa shape index (κ2) is 6.98. The van der Waals surface area contributed by atoms with Gasteiger partial charge in [0.1, 0.15) is 33.5 Å². The minimum absolute atomic E-state index is 0.319. The zero-order valence-corrected chi connectivity index (χ0v) is 16.9. The van der Waals surface area contributed by atoms with Gasteiger partial charge in [-0.1, -0.05) is 16.5 Å². The minimum atomic E-state index is -3.40. The molecule has 0 saturated carbocycles. The molecule has 27 heavy (non-hydrogen) atoms. The summed E-state index contributed by atoms with van der Waals surface area (Å²) in [6.45, 7) is 0.319. The summed E-state index contributed by atoms with van der Waals surface area (Å²) in [6.07, 6.45) is 6.85. The van der Waals surface area contributed by atoms with Crippen molar-refractivity contribution in [2.24, 2.45) is 5.16 Å². The van der Waals surface area contributed by atoms with Crippen LogP contribution in [0.25, 0.3) is 20.5 Å². The molecule has 0 aromatic carbocycles. The van der Waals surface area contributed by atoms with Gasteiger partial charge in [-0.2, -0.15) is 0 Å². The number of oxime groups is 1. The highest BCUT2D eigenvalue weighted by Gasteiger charge is 2.32. The van der Waals surface area contributed by atoms with Gasteiger partial charge >= 0.3 is 0 Å². The summed E-state index contributed by atoms with van der Waals surface area (Å²) in [5.41, 5.74) is 2.12. The Bertz CT molecular complexity index is 1110. The van der Waals surface area contributed by atoms with Crippen molar-refractivity contribution in [1.29, 1.82) is 0 Å². The zero-order valence-electron chi connectivity index (χ0n) is 14.5. The van der Waals surface area contributed by atoms with E-state index in [1.54, 1.807) is 18.6 Å². The molecule has 4 rings (SSSR count). The van der Waals surface area contributed by atoms with E-state index in [0.717, 1.165) is 15.4 Å². The number of thiazole rings is 2. The third kappa shape index (κ3) is 3.45. The van der Waals surface area contributed by atoms with Crippen LogP contribution in [-0.4, -0.2) is 49.0 Å². The van der Waals surface area contributed by atoms with E-state index in [1.165, 1.54) is 40.3 Å². The van der Waals surface area contributed by atoms with E-state index in [4.69, 9.17) is 4.84 Å². The number of anilines is 1. The van der Waals surface area contributed by atoms with Gasteiger partial charge in [0.2, 0.25) is 10.0 Å². The van der Waals surface area contributed by atoms with Crippen molar-refractivity contribution in [3.05, 3.63) is 36.4 Å². The number of nitrogens with zero attached hydrogens (tertiary/aromatic N) is 5. The van der Waals surface area contributed by atoms with Gasteiger partial charge in [0.25, 0.3) is 0 Å². The number of aromatic nitrogens is 3. The van der Waals surface area contributed by atoms with E-state index in [1.807, 2.05) is 12.1 Å². The van der Waals surface area contributed by atoms with Gasteiger partial charge in [-0.05, 0) is 12.1 Å². The Kier molecular flexibility index (Phi) is 4.66. The molecule has 0 atom stereocenters. The molecule has 0 aliphatic carbocycles. The molecule has 1 aliphatic heterocycles. The normalized spacial score (nSPS) is 15.8. The average Bonchev–Trinajstić information content (AvgIpc) is 3.29. The summed E-state index contributed by atoms with van der Waals surface area (Å²) in [5, 5.41) is 6.11. The summed E-state index contributed by atoms with van der Waals surface area (Å²) >= 11 is 2.80. The first kappa shape index (κ1) is 18.0. The third-order valence-electron chi connectivity index (χ3n) is 3.89. The van der Waals surface area contributed by atoms with Crippen LogP contribution in [0.5, 0.6) is 0 Å². The quantitative estimate of drug-likeness (QED) is 0.601. The number of pyridine rings is 1. The number of rotatable bonds is 4. The van der Waals surface area contributed by atoms with Crippen LogP contribution in [0.2, 0.25) is 0 Å². The van der Waals surface area contributed by atoms with Crippen LogP contribution >= 0.6 is 22.7 Å². The molecule has 0 saturated heterocycles. The zero-order chi connectivity index (χ0) is 19.0. The van der Waals surface area contributed by atoms with Crippen LogP contribution < -0.4 is 4.31 Å². The molecule has 0 unspecified atom stereocenters. The third-order valence-corrected chi connectivity index (χ3v) is 7.46. The van der Waals surface area contributed by atoms with E-state index < -0.39 is 10.0 Å². The van der Waals surface area contributed by atoms with Crippen LogP contribution in [0.15, 0.2) is 35.9 Å². The number of hydrogen-bond donors (Lipinski definition) is 0. The molecule has 1 aliphatic rings. The topological polar surface area (TPSA) is 97.6 Å². The van der Waals surface area contributed by atoms with Crippen LogP contribution in [-0.2, 0) is 14.9 Å². The Morgan fingerprint density at radius 3 is 2.81 bits per heavy atom. The molecule has 140 valence electrons. The molecular formula is C16H15N5O3S3. The van der Waals surface area contributed by atoms with Gasteiger partial charge in [-0.25, -0.2) is 18.4 Å². The van der Waals surface area contributed by atoms with Crippen molar-refractivity contribution in [2.75, 3.05) is 24.2 Å². The molecule has 3 aromatic rings. The van der Waals surface area contributed by atoms with Gasteiger partial charge in [-0.15, -0.1) is 11.3 Å². The van der Waals surface area contributed by atoms with Gasteiger partial charge in [0.15, 0.2) is 0 Å². The summed E-state index contributed by atoms with van der Waals surface area (Å²) in [4.78, 5) is 19.0. The minimum Gasteiger partial charge on any atom is -0.399 e. The van der Waals surface area contributed by atoms with Crippen LogP contribution in [0, 0.1) is 0 Å². The lowest BCUT2D eigenvalue weighted by atomic mass is 10.1. The highest BCUT2D eigenvalue weighted by molar-refractivity contribution is 7.92. The maximum absolute atomic E-state index is 12.2. The fourth-order valence-corrected chi connectivity index (χ4v) is 6.01. The predicted molar refractivity (Wildman–Crippen MR) is 107 cm³/mol. The van der Waals surface area contributed by atoms with Crippen LogP contribution in [0.3, 0.4) is 0 Å². The molecule has 3 aromatic heterocycles. The van der Waals surface area contributed by atoms with Crippen molar-refractivity contribution in [2.45, 2.75) is 6.42 Å². The van der Waals surface area contributed by atoms with Gasteiger partial charge in [0, 0.05) is 37.1 Å². The first-order chi connectivity index (χ1) is 13.0. The Morgan fingerprint density at radius 1 is 1.26 bits per heavy atom. The Morgan fingerprint density at radius 2 is 2.11 bits per heavy atom. The molecule has 11 heteroatoms. The van der Waals surface area contributed by atoms with Gasteiger partial charge in [-0.3, -0.25) is 9.29 Å². The Balaban J connectivity index is 1.78. The van der Waals surface area contributed by atoms with Gasteiger partial charge < -0.3 is 4.84 Å². The van der Waals surface area contributed by atoms with Crippen LogP contribution in [0.4, 0.5) is 5.00 Å². The number of fused-ring (bicyclic) bond motifs is 1. The molecule has 0 radical (unpaired) electrons. The maximum atomic E-state index is 12.2. The molecule has 0 spiro atoms.